The van der Waals surface area contributed by atoms with Gasteiger partial charge in [-0.05, 0) is 49.9 Å². The van der Waals surface area contributed by atoms with Crippen molar-refractivity contribution in [2.45, 2.75) is 19.5 Å². The topological polar surface area (TPSA) is 80.5 Å². The van der Waals surface area contributed by atoms with E-state index in [9.17, 15) is 14.0 Å². The van der Waals surface area contributed by atoms with E-state index in [0.29, 0.717) is 22.0 Å². The van der Waals surface area contributed by atoms with Crippen molar-refractivity contribution in [2.24, 2.45) is 0 Å². The van der Waals surface area contributed by atoms with Crippen LogP contribution in [0.1, 0.15) is 34.5 Å². The molecule has 1 amide bonds. The molecule has 4 rings (SSSR count). The summed E-state index contributed by atoms with van der Waals surface area (Å²) in [6, 6.07) is 11.2. The number of nitrogens with zero attached hydrogens (tertiary/aromatic N) is 2. The van der Waals surface area contributed by atoms with Crippen molar-refractivity contribution in [3.05, 3.63) is 91.6 Å². The SMILES string of the molecule is C[C@@H](Nc1c[nH]c(=O)c(C(=O)Nc2ccc(CN3CCN(C)CC3)cc2)c1)c1c(Cl)ccc(F)c1Cl. The van der Waals surface area contributed by atoms with E-state index in [4.69, 9.17) is 23.2 Å². The van der Waals surface area contributed by atoms with Crippen LogP contribution < -0.4 is 16.2 Å². The van der Waals surface area contributed by atoms with Crippen molar-refractivity contribution in [3.8, 4) is 0 Å². The first-order valence-electron chi connectivity index (χ1n) is 11.6. The first-order chi connectivity index (χ1) is 17.2. The molecule has 7 nitrogen and oxygen atoms in total. The molecule has 3 aromatic rings. The second kappa shape index (κ2) is 11.4. The molecule has 0 saturated carbocycles. The van der Waals surface area contributed by atoms with E-state index in [1.54, 1.807) is 6.92 Å². The van der Waals surface area contributed by atoms with Gasteiger partial charge in [0.25, 0.3) is 11.5 Å². The highest BCUT2D eigenvalue weighted by molar-refractivity contribution is 6.36. The number of likely N-dealkylation sites (N-methyl/N-ethyl adjacent to an activating group) is 1. The maximum Gasteiger partial charge on any atom is 0.261 e. The van der Waals surface area contributed by atoms with Crippen molar-refractivity contribution in [2.75, 3.05) is 43.9 Å². The van der Waals surface area contributed by atoms with Gasteiger partial charge in [-0.2, -0.15) is 0 Å². The van der Waals surface area contributed by atoms with E-state index in [-0.39, 0.29) is 10.6 Å². The maximum absolute atomic E-state index is 13.9. The van der Waals surface area contributed by atoms with Crippen LogP contribution >= 0.6 is 23.2 Å². The Morgan fingerprint density at radius 3 is 2.47 bits per heavy atom. The number of carbonyl (C=O) groups is 1. The molecular formula is C26H28Cl2FN5O2. The minimum atomic E-state index is -0.583. The summed E-state index contributed by atoms with van der Waals surface area (Å²) >= 11 is 12.3. The Labute approximate surface area is 219 Å². The van der Waals surface area contributed by atoms with Crippen molar-refractivity contribution in [1.29, 1.82) is 0 Å². The molecule has 1 aromatic heterocycles. The zero-order chi connectivity index (χ0) is 25.8. The molecule has 0 radical (unpaired) electrons. The fourth-order valence-electron chi connectivity index (χ4n) is 4.15. The lowest BCUT2D eigenvalue weighted by atomic mass is 10.1. The first-order valence-corrected chi connectivity index (χ1v) is 12.4. The molecular weight excluding hydrogens is 504 g/mol. The van der Waals surface area contributed by atoms with Crippen molar-refractivity contribution < 1.29 is 9.18 Å². The largest absolute Gasteiger partial charge is 0.377 e. The average Bonchev–Trinajstić information content (AvgIpc) is 2.85. The number of piperazine rings is 1. The molecule has 36 heavy (non-hydrogen) atoms. The van der Waals surface area contributed by atoms with Crippen molar-refractivity contribution in [1.82, 2.24) is 14.8 Å². The Balaban J connectivity index is 1.42. The predicted molar refractivity (Wildman–Crippen MR) is 143 cm³/mol. The number of aromatic nitrogens is 1. The number of carbonyl (C=O) groups excluding carboxylic acids is 1. The minimum Gasteiger partial charge on any atom is -0.377 e. The molecule has 1 saturated heterocycles. The molecule has 1 aliphatic heterocycles. The highest BCUT2D eigenvalue weighted by Crippen LogP contribution is 2.34. The quantitative estimate of drug-likeness (QED) is 0.374. The van der Waals surface area contributed by atoms with Gasteiger partial charge in [-0.1, -0.05) is 35.3 Å². The summed E-state index contributed by atoms with van der Waals surface area (Å²) in [5.41, 5.74) is 1.99. The molecule has 1 fully saturated rings. The van der Waals surface area contributed by atoms with Gasteiger partial charge in [0.05, 0.1) is 16.8 Å². The van der Waals surface area contributed by atoms with Gasteiger partial charge in [-0.15, -0.1) is 0 Å². The average molecular weight is 532 g/mol. The highest BCUT2D eigenvalue weighted by atomic mass is 35.5. The van der Waals surface area contributed by atoms with Gasteiger partial charge < -0.3 is 20.5 Å². The summed E-state index contributed by atoms with van der Waals surface area (Å²) in [7, 11) is 2.13. The summed E-state index contributed by atoms with van der Waals surface area (Å²) in [6.45, 7) is 6.76. The predicted octanol–water partition coefficient (Wildman–Crippen LogP) is 4.99. The van der Waals surface area contributed by atoms with Gasteiger partial charge in [0.15, 0.2) is 0 Å². The molecule has 0 aliphatic carbocycles. The second-order valence-corrected chi connectivity index (χ2v) is 9.77. The summed E-state index contributed by atoms with van der Waals surface area (Å²) < 4.78 is 13.9. The van der Waals surface area contributed by atoms with Crippen molar-refractivity contribution >= 4 is 40.5 Å². The molecule has 2 heterocycles. The number of halogens is 3. The van der Waals surface area contributed by atoms with Gasteiger partial charge in [0.2, 0.25) is 0 Å². The van der Waals surface area contributed by atoms with E-state index >= 15 is 0 Å². The number of H-pyrrole nitrogens is 1. The summed E-state index contributed by atoms with van der Waals surface area (Å²) in [4.78, 5) is 32.5. The molecule has 10 heteroatoms. The number of benzene rings is 2. The van der Waals surface area contributed by atoms with Gasteiger partial charge in [-0.25, -0.2) is 4.39 Å². The molecule has 190 valence electrons. The highest BCUT2D eigenvalue weighted by Gasteiger charge is 2.19. The normalized spacial score (nSPS) is 15.5. The van der Waals surface area contributed by atoms with Gasteiger partial charge in [0.1, 0.15) is 11.4 Å². The molecule has 1 aliphatic rings. The minimum absolute atomic E-state index is 0.0647. The van der Waals surface area contributed by atoms with Crippen LogP contribution in [-0.2, 0) is 6.54 Å². The Bertz CT molecular complexity index is 1290. The molecule has 3 N–H and O–H groups in total. The van der Waals surface area contributed by atoms with E-state index in [1.165, 1.54) is 24.4 Å². The number of hydrogen-bond acceptors (Lipinski definition) is 5. The number of nitrogens with one attached hydrogen (secondary N) is 3. The van der Waals surface area contributed by atoms with Gasteiger partial charge >= 0.3 is 0 Å². The smallest absolute Gasteiger partial charge is 0.261 e. The van der Waals surface area contributed by atoms with E-state index in [1.807, 2.05) is 24.3 Å². The third-order valence-electron chi connectivity index (χ3n) is 6.26. The number of anilines is 2. The second-order valence-electron chi connectivity index (χ2n) is 8.98. The first kappa shape index (κ1) is 26.2. The number of pyridine rings is 1. The molecule has 1 atom stereocenters. The van der Waals surface area contributed by atoms with Crippen LogP contribution in [0.3, 0.4) is 0 Å². The zero-order valence-electron chi connectivity index (χ0n) is 20.1. The number of amides is 1. The third kappa shape index (κ3) is 6.25. The summed E-state index contributed by atoms with van der Waals surface area (Å²) in [5.74, 6) is -1.12. The zero-order valence-corrected chi connectivity index (χ0v) is 21.6. The van der Waals surface area contributed by atoms with Crippen LogP contribution in [0.25, 0.3) is 0 Å². The standard InChI is InChI=1S/C26H28Cl2FN5O2/c1-16(23-21(27)7-8-22(29)24(23)28)31-19-13-20(25(35)30-14-19)26(36)32-18-5-3-17(4-6-18)15-34-11-9-33(2)10-12-34/h3-8,13-14,16,31H,9-12,15H2,1-2H3,(H,30,35)(H,32,36)/t16-/m1/s1. The van der Waals surface area contributed by atoms with Crippen LogP contribution in [0.15, 0.2) is 53.5 Å². The van der Waals surface area contributed by atoms with Crippen LogP contribution in [0.4, 0.5) is 15.8 Å². The van der Waals surface area contributed by atoms with Crippen molar-refractivity contribution in [3.63, 3.8) is 0 Å². The Kier molecular flexibility index (Phi) is 8.31. The summed E-state index contributed by atoms with van der Waals surface area (Å²) in [5, 5.41) is 6.11. The fourth-order valence-corrected chi connectivity index (χ4v) is 4.85. The van der Waals surface area contributed by atoms with Gasteiger partial charge in [0, 0.05) is 55.2 Å². The van der Waals surface area contributed by atoms with Crippen LogP contribution in [0.2, 0.25) is 10.0 Å². The van der Waals surface area contributed by atoms with Crippen LogP contribution in [0, 0.1) is 5.82 Å². The summed E-state index contributed by atoms with van der Waals surface area (Å²) in [6.07, 6.45) is 1.43. The lowest BCUT2D eigenvalue weighted by Crippen LogP contribution is -2.43. The number of hydrogen-bond donors (Lipinski definition) is 3. The molecule has 2 aromatic carbocycles. The molecule has 0 bridgehead atoms. The van der Waals surface area contributed by atoms with E-state index in [2.05, 4.69) is 32.5 Å². The number of aromatic amines is 1. The van der Waals surface area contributed by atoms with Crippen LogP contribution in [0.5, 0.6) is 0 Å². The Morgan fingerprint density at radius 1 is 1.08 bits per heavy atom. The Morgan fingerprint density at radius 2 is 1.78 bits per heavy atom. The van der Waals surface area contributed by atoms with Crippen LogP contribution in [-0.4, -0.2) is 53.9 Å². The lowest BCUT2D eigenvalue weighted by Gasteiger charge is -2.32. The fraction of sp³-hybridized carbons (Fsp3) is 0.308. The lowest BCUT2D eigenvalue weighted by molar-refractivity contribution is 0.102. The molecule has 0 unspecified atom stereocenters. The number of rotatable bonds is 7. The monoisotopic (exact) mass is 531 g/mol. The maximum atomic E-state index is 13.9. The third-order valence-corrected chi connectivity index (χ3v) is 6.97. The van der Waals surface area contributed by atoms with E-state index in [0.717, 1.165) is 38.3 Å². The van der Waals surface area contributed by atoms with Gasteiger partial charge in [-0.3, -0.25) is 14.5 Å². The molecule has 0 spiro atoms. The Hall–Kier alpha value is -2.91. The van der Waals surface area contributed by atoms with E-state index < -0.39 is 23.3 Å².